The smallest absolute Gasteiger partial charge is 0.226 e. The molecule has 3 N–H and O–H groups in total. The number of hydrogen-bond donors (Lipinski definition) is 2. The summed E-state index contributed by atoms with van der Waals surface area (Å²) in [7, 11) is 0. The van der Waals surface area contributed by atoms with Gasteiger partial charge in [0.1, 0.15) is 0 Å². The van der Waals surface area contributed by atoms with Crippen LogP contribution in [0.1, 0.15) is 20.3 Å². The van der Waals surface area contributed by atoms with Gasteiger partial charge in [-0.1, -0.05) is 11.6 Å². The molecule has 1 rings (SSSR count). The lowest BCUT2D eigenvalue weighted by Crippen LogP contribution is -2.36. The van der Waals surface area contributed by atoms with E-state index in [-0.39, 0.29) is 17.5 Å². The Morgan fingerprint density at radius 1 is 1.69 bits per heavy atom. The van der Waals surface area contributed by atoms with Gasteiger partial charge < -0.3 is 11.1 Å². The largest absolute Gasteiger partial charge is 0.325 e. The fourth-order valence-electron chi connectivity index (χ4n) is 1.12. The predicted octanol–water partition coefficient (Wildman–Crippen LogP) is 2.56. The highest BCUT2D eigenvalue weighted by molar-refractivity contribution is 9.10. The molecule has 1 aromatic rings. The first kappa shape index (κ1) is 13.4. The summed E-state index contributed by atoms with van der Waals surface area (Å²) in [5.74, 6) is -0.186. The van der Waals surface area contributed by atoms with Crippen LogP contribution in [0.3, 0.4) is 0 Å². The van der Waals surface area contributed by atoms with E-state index in [1.807, 2.05) is 0 Å². The average Bonchev–Trinajstić information content (AvgIpc) is 2.08. The van der Waals surface area contributed by atoms with E-state index in [0.717, 1.165) is 4.47 Å². The molecule has 1 heterocycles. The second kappa shape index (κ2) is 5.12. The molecular formula is C10H13BrClN3O. The van der Waals surface area contributed by atoms with Gasteiger partial charge >= 0.3 is 0 Å². The summed E-state index contributed by atoms with van der Waals surface area (Å²) in [4.78, 5) is 15.5. The summed E-state index contributed by atoms with van der Waals surface area (Å²) < 4.78 is 0.749. The van der Waals surface area contributed by atoms with Crippen molar-refractivity contribution in [1.82, 2.24) is 4.98 Å². The molecule has 0 radical (unpaired) electrons. The van der Waals surface area contributed by atoms with Gasteiger partial charge in [-0.15, -0.1) is 0 Å². The standard InChI is InChI=1S/C10H13BrClN3O/c1-10(2,13)4-8(16)15-7-3-6(11)5-14-9(7)12/h3,5H,4,13H2,1-2H3,(H,15,16). The van der Waals surface area contributed by atoms with Crippen LogP contribution >= 0.6 is 27.5 Å². The Labute approximate surface area is 108 Å². The van der Waals surface area contributed by atoms with Gasteiger partial charge in [-0.3, -0.25) is 4.79 Å². The molecule has 6 heteroatoms. The number of halogens is 2. The Morgan fingerprint density at radius 2 is 2.31 bits per heavy atom. The third kappa shape index (κ3) is 4.47. The average molecular weight is 307 g/mol. The first-order valence-corrected chi connectivity index (χ1v) is 5.85. The van der Waals surface area contributed by atoms with Crippen molar-refractivity contribution in [3.63, 3.8) is 0 Å². The summed E-state index contributed by atoms with van der Waals surface area (Å²) in [5.41, 5.74) is 5.67. The normalized spacial score (nSPS) is 11.3. The molecule has 1 amide bonds. The maximum Gasteiger partial charge on any atom is 0.226 e. The number of hydrogen-bond acceptors (Lipinski definition) is 3. The number of nitrogens with two attached hydrogens (primary N) is 1. The van der Waals surface area contributed by atoms with E-state index in [9.17, 15) is 4.79 Å². The third-order valence-corrected chi connectivity index (χ3v) is 2.43. The molecule has 0 unspecified atom stereocenters. The summed E-state index contributed by atoms with van der Waals surface area (Å²) in [6.07, 6.45) is 1.78. The van der Waals surface area contributed by atoms with Crippen LogP contribution in [0.5, 0.6) is 0 Å². The summed E-state index contributed by atoms with van der Waals surface area (Å²) in [6, 6.07) is 1.69. The maximum absolute atomic E-state index is 11.6. The van der Waals surface area contributed by atoms with Crippen LogP contribution in [-0.2, 0) is 4.79 Å². The number of pyridine rings is 1. The highest BCUT2D eigenvalue weighted by atomic mass is 79.9. The van der Waals surface area contributed by atoms with Gasteiger partial charge in [-0.25, -0.2) is 4.98 Å². The van der Waals surface area contributed by atoms with Crippen molar-refractivity contribution in [1.29, 1.82) is 0 Å². The first-order valence-electron chi connectivity index (χ1n) is 4.68. The van der Waals surface area contributed by atoms with Gasteiger partial charge in [-0.2, -0.15) is 0 Å². The topological polar surface area (TPSA) is 68.0 Å². The van der Waals surface area contributed by atoms with Gasteiger partial charge in [0.25, 0.3) is 0 Å². The van der Waals surface area contributed by atoms with Gasteiger partial charge in [-0.05, 0) is 35.8 Å². The molecular weight excluding hydrogens is 293 g/mol. The molecule has 0 fully saturated rings. The van der Waals surface area contributed by atoms with Crippen LogP contribution in [0, 0.1) is 0 Å². The highest BCUT2D eigenvalue weighted by Gasteiger charge is 2.17. The molecule has 16 heavy (non-hydrogen) atoms. The molecule has 1 aromatic heterocycles. The van der Waals surface area contributed by atoms with E-state index >= 15 is 0 Å². The van der Waals surface area contributed by atoms with Gasteiger partial charge in [0.05, 0.1) is 5.69 Å². The number of carbonyl (C=O) groups excluding carboxylic acids is 1. The molecule has 0 aliphatic carbocycles. The summed E-state index contributed by atoms with van der Waals surface area (Å²) in [6.45, 7) is 3.57. The van der Waals surface area contributed by atoms with E-state index in [0.29, 0.717) is 5.69 Å². The van der Waals surface area contributed by atoms with Crippen LogP contribution < -0.4 is 11.1 Å². The number of nitrogens with one attached hydrogen (secondary N) is 1. The van der Waals surface area contributed by atoms with E-state index < -0.39 is 5.54 Å². The number of carbonyl (C=O) groups is 1. The number of rotatable bonds is 3. The zero-order valence-electron chi connectivity index (χ0n) is 9.05. The minimum absolute atomic E-state index is 0.186. The molecule has 0 saturated heterocycles. The summed E-state index contributed by atoms with van der Waals surface area (Å²) in [5, 5.41) is 2.92. The number of aromatic nitrogens is 1. The Kier molecular flexibility index (Phi) is 4.29. The third-order valence-electron chi connectivity index (χ3n) is 1.70. The SMILES string of the molecule is CC(C)(N)CC(=O)Nc1cc(Br)cnc1Cl. The quantitative estimate of drug-likeness (QED) is 0.843. The molecule has 0 aliphatic heterocycles. The first-order chi connectivity index (χ1) is 7.28. The van der Waals surface area contributed by atoms with Gasteiger partial charge in [0.2, 0.25) is 5.91 Å². The second-order valence-electron chi connectivity index (χ2n) is 4.21. The number of anilines is 1. The molecule has 0 saturated carbocycles. The lowest BCUT2D eigenvalue weighted by molar-refractivity contribution is -0.117. The molecule has 0 spiro atoms. The molecule has 0 aromatic carbocycles. The van der Waals surface area contributed by atoms with E-state index in [2.05, 4.69) is 26.2 Å². The Morgan fingerprint density at radius 3 is 2.88 bits per heavy atom. The lowest BCUT2D eigenvalue weighted by Gasteiger charge is -2.17. The fraction of sp³-hybridized carbons (Fsp3) is 0.400. The van der Waals surface area contributed by atoms with Crippen LogP contribution in [0.4, 0.5) is 5.69 Å². The van der Waals surface area contributed by atoms with Crippen molar-refractivity contribution in [2.24, 2.45) is 5.73 Å². The van der Waals surface area contributed by atoms with Crippen molar-refractivity contribution in [3.8, 4) is 0 Å². The Hall–Kier alpha value is -0.650. The number of amides is 1. The van der Waals surface area contributed by atoms with Crippen LogP contribution in [0.25, 0.3) is 0 Å². The van der Waals surface area contributed by atoms with Crippen LogP contribution in [-0.4, -0.2) is 16.4 Å². The van der Waals surface area contributed by atoms with Crippen molar-refractivity contribution < 1.29 is 4.79 Å². The molecule has 4 nitrogen and oxygen atoms in total. The highest BCUT2D eigenvalue weighted by Crippen LogP contribution is 2.23. The van der Waals surface area contributed by atoms with E-state index in [4.69, 9.17) is 17.3 Å². The van der Waals surface area contributed by atoms with Crippen molar-refractivity contribution in [3.05, 3.63) is 21.9 Å². The van der Waals surface area contributed by atoms with Gasteiger partial charge in [0, 0.05) is 22.6 Å². The minimum atomic E-state index is -0.546. The fourth-order valence-corrected chi connectivity index (χ4v) is 1.60. The van der Waals surface area contributed by atoms with Crippen LogP contribution in [0.15, 0.2) is 16.7 Å². The maximum atomic E-state index is 11.6. The minimum Gasteiger partial charge on any atom is -0.325 e. The van der Waals surface area contributed by atoms with E-state index in [1.54, 1.807) is 26.1 Å². The molecule has 0 atom stereocenters. The zero-order valence-corrected chi connectivity index (χ0v) is 11.4. The zero-order chi connectivity index (χ0) is 12.3. The Balaban J connectivity index is 2.73. The molecule has 88 valence electrons. The van der Waals surface area contributed by atoms with Crippen molar-refractivity contribution in [2.75, 3.05) is 5.32 Å². The Bertz CT molecular complexity index is 404. The summed E-state index contributed by atoms with van der Waals surface area (Å²) >= 11 is 9.08. The van der Waals surface area contributed by atoms with E-state index in [1.165, 1.54) is 0 Å². The van der Waals surface area contributed by atoms with Crippen LogP contribution in [0.2, 0.25) is 5.15 Å². The molecule has 0 aliphatic rings. The second-order valence-corrected chi connectivity index (χ2v) is 5.48. The molecule has 0 bridgehead atoms. The van der Waals surface area contributed by atoms with Gasteiger partial charge in [0.15, 0.2) is 5.15 Å². The van der Waals surface area contributed by atoms with Crippen molar-refractivity contribution in [2.45, 2.75) is 25.8 Å². The lowest BCUT2D eigenvalue weighted by atomic mass is 10.0. The monoisotopic (exact) mass is 305 g/mol. The number of nitrogens with zero attached hydrogens (tertiary/aromatic N) is 1. The van der Waals surface area contributed by atoms with Crippen molar-refractivity contribution >= 4 is 39.1 Å². The predicted molar refractivity (Wildman–Crippen MR) is 68.5 cm³/mol.